The number of benzene rings is 1. The molecule has 0 aliphatic carbocycles. The number of hydrogen-bond donors (Lipinski definition) is 0. The van der Waals surface area contributed by atoms with Crippen LogP contribution in [0.4, 0.5) is 0 Å². The van der Waals surface area contributed by atoms with Crippen LogP contribution in [0.25, 0.3) is 0 Å². The maximum atomic E-state index is 12.3. The third-order valence-electron chi connectivity index (χ3n) is 3.73. The lowest BCUT2D eigenvalue weighted by Gasteiger charge is -2.27. The summed E-state index contributed by atoms with van der Waals surface area (Å²) in [5.41, 5.74) is 0.308. The summed E-state index contributed by atoms with van der Waals surface area (Å²) in [5, 5.41) is 0. The minimum atomic E-state index is -0.858. The highest BCUT2D eigenvalue weighted by molar-refractivity contribution is 5.77. The van der Waals surface area contributed by atoms with Gasteiger partial charge in [-0.1, -0.05) is 37.3 Å². The summed E-state index contributed by atoms with van der Waals surface area (Å²) in [6.07, 6.45) is 0.617. The minimum Gasteiger partial charge on any atom is -0.465 e. The van der Waals surface area contributed by atoms with Gasteiger partial charge in [0.25, 0.3) is 0 Å². The van der Waals surface area contributed by atoms with E-state index in [0.717, 1.165) is 6.42 Å². The first-order valence-corrected chi connectivity index (χ1v) is 7.87. The summed E-state index contributed by atoms with van der Waals surface area (Å²) in [4.78, 5) is 23.2. The Morgan fingerprint density at radius 1 is 1.22 bits per heavy atom. The lowest BCUT2D eigenvalue weighted by Crippen LogP contribution is -2.37. The summed E-state index contributed by atoms with van der Waals surface area (Å²) < 4.78 is 15.8. The monoisotopic (exact) mass is 322 g/mol. The van der Waals surface area contributed by atoms with E-state index < -0.39 is 23.6 Å². The van der Waals surface area contributed by atoms with Gasteiger partial charge in [-0.3, -0.25) is 9.59 Å². The summed E-state index contributed by atoms with van der Waals surface area (Å²) in [7, 11) is 0. The Morgan fingerprint density at radius 3 is 2.43 bits per heavy atom. The molecule has 0 N–H and O–H groups in total. The highest BCUT2D eigenvalue weighted by atomic mass is 16.7. The van der Waals surface area contributed by atoms with Gasteiger partial charge in [0.1, 0.15) is 6.61 Å². The Balaban J connectivity index is 2.40. The highest BCUT2D eigenvalue weighted by Gasteiger charge is 2.35. The topological polar surface area (TPSA) is 61.8 Å². The van der Waals surface area contributed by atoms with Gasteiger partial charge in [-0.2, -0.15) is 0 Å². The first-order chi connectivity index (χ1) is 10.9. The molecular weight excluding hydrogens is 296 g/mol. The number of ether oxygens (including phenoxy) is 3. The Labute approximate surface area is 137 Å². The maximum absolute atomic E-state index is 12.3. The first kappa shape index (κ1) is 19.2. The van der Waals surface area contributed by atoms with Crippen LogP contribution in [0, 0.1) is 5.41 Å². The van der Waals surface area contributed by atoms with Crippen molar-refractivity contribution in [1.82, 2.24) is 0 Å². The molecule has 23 heavy (non-hydrogen) atoms. The Hall–Kier alpha value is -1.88. The minimum absolute atomic E-state index is 0.00834. The van der Waals surface area contributed by atoms with Crippen LogP contribution in [-0.2, 0) is 30.2 Å². The fourth-order valence-corrected chi connectivity index (χ4v) is 1.88. The van der Waals surface area contributed by atoms with Crippen LogP contribution >= 0.6 is 0 Å². The van der Waals surface area contributed by atoms with E-state index in [4.69, 9.17) is 14.2 Å². The molecule has 0 heterocycles. The van der Waals surface area contributed by atoms with Crippen LogP contribution in [0.1, 0.15) is 39.7 Å². The van der Waals surface area contributed by atoms with Crippen LogP contribution < -0.4 is 0 Å². The normalized spacial score (nSPS) is 14.6. The molecule has 0 aliphatic rings. The van der Waals surface area contributed by atoms with Crippen LogP contribution in [0.5, 0.6) is 0 Å². The molecule has 5 heteroatoms. The molecule has 0 fully saturated rings. The number of carbonyl (C=O) groups excluding carboxylic acids is 2. The van der Waals surface area contributed by atoms with E-state index in [1.807, 2.05) is 37.3 Å². The summed E-state index contributed by atoms with van der Waals surface area (Å²) in [5.74, 6) is -0.835. The van der Waals surface area contributed by atoms with Crippen molar-refractivity contribution in [3.63, 3.8) is 0 Å². The van der Waals surface area contributed by atoms with Crippen molar-refractivity contribution in [3.05, 3.63) is 35.9 Å². The van der Waals surface area contributed by atoms with Crippen molar-refractivity contribution in [2.24, 2.45) is 5.41 Å². The smallest absolute Gasteiger partial charge is 0.317 e. The van der Waals surface area contributed by atoms with Crippen LogP contribution in [0.15, 0.2) is 30.3 Å². The summed E-state index contributed by atoms with van der Waals surface area (Å²) in [6.45, 7) is 7.04. The molecule has 1 aromatic carbocycles. The summed E-state index contributed by atoms with van der Waals surface area (Å²) >= 11 is 0. The number of carbonyl (C=O) groups is 2. The molecule has 0 bridgehead atoms. The average molecular weight is 322 g/mol. The molecule has 1 rings (SSSR count). The van der Waals surface area contributed by atoms with Gasteiger partial charge >= 0.3 is 11.9 Å². The van der Waals surface area contributed by atoms with Crippen molar-refractivity contribution in [2.45, 2.75) is 46.8 Å². The van der Waals surface area contributed by atoms with Crippen molar-refractivity contribution in [3.8, 4) is 0 Å². The first-order valence-electron chi connectivity index (χ1n) is 7.87. The predicted octanol–water partition coefficient (Wildman–Crippen LogP) is 3.11. The molecule has 0 spiro atoms. The van der Waals surface area contributed by atoms with Crippen molar-refractivity contribution < 1.29 is 23.8 Å². The summed E-state index contributed by atoms with van der Waals surface area (Å²) in [6, 6.07) is 9.95. The van der Waals surface area contributed by atoms with Gasteiger partial charge in [-0.05, 0) is 32.3 Å². The fraction of sp³-hybridized carbons (Fsp3) is 0.556. The van der Waals surface area contributed by atoms with Gasteiger partial charge in [0.15, 0.2) is 6.29 Å². The van der Waals surface area contributed by atoms with Gasteiger partial charge in [0.05, 0.1) is 12.0 Å². The third-order valence-corrected chi connectivity index (χ3v) is 3.73. The second-order valence-electron chi connectivity index (χ2n) is 5.77. The molecule has 0 aromatic heterocycles. The van der Waals surface area contributed by atoms with Crippen LogP contribution in [0.2, 0.25) is 0 Å². The molecule has 2 unspecified atom stereocenters. The number of esters is 2. The zero-order valence-electron chi connectivity index (χ0n) is 14.3. The highest BCUT2D eigenvalue weighted by Crippen LogP contribution is 2.24. The SMILES string of the molecule is CCC(C)(COC(C)=O)C(=O)OC(C)OCCc1ccccc1. The van der Waals surface area contributed by atoms with Gasteiger partial charge in [-0.15, -0.1) is 0 Å². The van der Waals surface area contributed by atoms with E-state index in [0.29, 0.717) is 13.0 Å². The lowest BCUT2D eigenvalue weighted by atomic mass is 9.89. The van der Waals surface area contributed by atoms with Crippen molar-refractivity contribution >= 4 is 11.9 Å². The van der Waals surface area contributed by atoms with E-state index in [1.54, 1.807) is 13.8 Å². The molecule has 0 saturated carbocycles. The van der Waals surface area contributed by atoms with Gasteiger partial charge in [0, 0.05) is 6.92 Å². The quantitative estimate of drug-likeness (QED) is 0.516. The zero-order valence-corrected chi connectivity index (χ0v) is 14.3. The van der Waals surface area contributed by atoms with E-state index in [9.17, 15) is 9.59 Å². The van der Waals surface area contributed by atoms with Crippen LogP contribution in [0.3, 0.4) is 0 Å². The predicted molar refractivity (Wildman–Crippen MR) is 86.7 cm³/mol. The molecule has 0 radical (unpaired) electrons. The second-order valence-corrected chi connectivity index (χ2v) is 5.77. The molecule has 2 atom stereocenters. The fourth-order valence-electron chi connectivity index (χ4n) is 1.88. The largest absolute Gasteiger partial charge is 0.465 e. The average Bonchev–Trinajstić information content (AvgIpc) is 2.53. The Kier molecular flexibility index (Phi) is 7.75. The Bertz CT molecular complexity index is 499. The third kappa shape index (κ3) is 6.82. The molecule has 1 aromatic rings. The Morgan fingerprint density at radius 2 is 1.87 bits per heavy atom. The van der Waals surface area contributed by atoms with E-state index >= 15 is 0 Å². The van der Waals surface area contributed by atoms with Gasteiger partial charge < -0.3 is 14.2 Å². The molecular formula is C18H26O5. The van der Waals surface area contributed by atoms with E-state index in [1.165, 1.54) is 12.5 Å². The van der Waals surface area contributed by atoms with Crippen molar-refractivity contribution in [2.75, 3.05) is 13.2 Å². The molecule has 128 valence electrons. The molecule has 5 nitrogen and oxygen atoms in total. The van der Waals surface area contributed by atoms with E-state index in [-0.39, 0.29) is 6.61 Å². The molecule has 0 saturated heterocycles. The maximum Gasteiger partial charge on any atom is 0.317 e. The van der Waals surface area contributed by atoms with Crippen molar-refractivity contribution in [1.29, 1.82) is 0 Å². The van der Waals surface area contributed by atoms with Crippen LogP contribution in [-0.4, -0.2) is 31.4 Å². The zero-order chi connectivity index (χ0) is 17.3. The van der Waals surface area contributed by atoms with Gasteiger partial charge in [0.2, 0.25) is 0 Å². The number of rotatable bonds is 9. The standard InChI is InChI=1S/C18H26O5/c1-5-18(4,13-22-14(2)19)17(20)23-15(3)21-12-11-16-9-7-6-8-10-16/h6-10,15H,5,11-13H2,1-4H3. The molecule has 0 amide bonds. The van der Waals surface area contributed by atoms with Gasteiger partial charge in [-0.25, -0.2) is 0 Å². The number of hydrogen-bond acceptors (Lipinski definition) is 5. The lowest BCUT2D eigenvalue weighted by molar-refractivity contribution is -0.189. The second kappa shape index (κ2) is 9.30. The molecule has 0 aliphatic heterocycles. The van der Waals surface area contributed by atoms with E-state index in [2.05, 4.69) is 0 Å².